The van der Waals surface area contributed by atoms with Crippen LogP contribution >= 0.6 is 0 Å². The predicted octanol–water partition coefficient (Wildman–Crippen LogP) is 2.97. The Morgan fingerprint density at radius 3 is 2.31 bits per heavy atom. The minimum atomic E-state index is 0.165. The monoisotopic (exact) mass is 221 g/mol. The van der Waals surface area contributed by atoms with Crippen LogP contribution in [-0.4, -0.2) is 20.2 Å². The van der Waals surface area contributed by atoms with Gasteiger partial charge in [0.25, 0.3) is 0 Å². The molecule has 0 heterocycles. The average molecular weight is 221 g/mol. The summed E-state index contributed by atoms with van der Waals surface area (Å²) < 4.78 is 5.57. The second-order valence-corrected chi connectivity index (χ2v) is 4.79. The molecule has 1 aromatic rings. The van der Waals surface area contributed by atoms with Crippen molar-refractivity contribution >= 4 is 0 Å². The number of nitrogens with one attached hydrogen (secondary N) is 1. The van der Waals surface area contributed by atoms with Gasteiger partial charge in [-0.2, -0.15) is 0 Å². The van der Waals surface area contributed by atoms with Crippen LogP contribution in [0, 0.1) is 0 Å². The van der Waals surface area contributed by atoms with Crippen LogP contribution in [0.5, 0.6) is 5.75 Å². The Morgan fingerprint density at radius 1 is 1.19 bits per heavy atom. The van der Waals surface area contributed by atoms with Gasteiger partial charge in [-0.15, -0.1) is 0 Å². The predicted molar refractivity (Wildman–Crippen MR) is 69.2 cm³/mol. The van der Waals surface area contributed by atoms with Gasteiger partial charge in [0, 0.05) is 12.0 Å². The van der Waals surface area contributed by atoms with Gasteiger partial charge in [-0.05, 0) is 31.2 Å². The van der Waals surface area contributed by atoms with Gasteiger partial charge in [-0.3, -0.25) is 0 Å². The molecule has 1 N–H and O–H groups in total. The zero-order valence-electron chi connectivity index (χ0n) is 10.8. The van der Waals surface area contributed by atoms with E-state index in [1.807, 2.05) is 7.05 Å². The fourth-order valence-electron chi connectivity index (χ4n) is 1.77. The fraction of sp³-hybridized carbons (Fsp3) is 0.571. The van der Waals surface area contributed by atoms with Gasteiger partial charge in [0.2, 0.25) is 0 Å². The molecular formula is C14H23NO. The van der Waals surface area contributed by atoms with E-state index in [1.54, 1.807) is 0 Å². The van der Waals surface area contributed by atoms with Crippen LogP contribution in [0.3, 0.4) is 0 Å². The second kappa shape index (κ2) is 5.90. The van der Waals surface area contributed by atoms with Crippen molar-refractivity contribution in [2.24, 2.45) is 0 Å². The van der Waals surface area contributed by atoms with Crippen LogP contribution < -0.4 is 10.1 Å². The van der Waals surface area contributed by atoms with Gasteiger partial charge in [-0.1, -0.05) is 32.9 Å². The van der Waals surface area contributed by atoms with Crippen molar-refractivity contribution in [1.29, 1.82) is 0 Å². The van der Waals surface area contributed by atoms with Gasteiger partial charge in [0.15, 0.2) is 0 Å². The van der Waals surface area contributed by atoms with Crippen molar-refractivity contribution in [2.45, 2.75) is 32.6 Å². The Hall–Kier alpha value is -1.02. The average Bonchev–Trinajstić information content (AvgIpc) is 2.27. The zero-order chi connectivity index (χ0) is 12.0. The Kier molecular flexibility index (Phi) is 4.81. The summed E-state index contributed by atoms with van der Waals surface area (Å²) in [5.41, 5.74) is 1.50. The summed E-state index contributed by atoms with van der Waals surface area (Å²) in [6, 6.07) is 8.43. The lowest BCUT2D eigenvalue weighted by atomic mass is 9.84. The molecule has 0 aliphatic rings. The van der Waals surface area contributed by atoms with Crippen molar-refractivity contribution in [1.82, 2.24) is 5.32 Å². The van der Waals surface area contributed by atoms with E-state index >= 15 is 0 Å². The zero-order valence-corrected chi connectivity index (χ0v) is 10.8. The molecule has 2 nitrogen and oxygen atoms in total. The summed E-state index contributed by atoms with van der Waals surface area (Å²) in [5, 5.41) is 3.22. The first-order valence-corrected chi connectivity index (χ1v) is 5.98. The van der Waals surface area contributed by atoms with E-state index in [1.165, 1.54) is 5.56 Å². The molecule has 0 fully saturated rings. The molecule has 1 rings (SSSR count). The van der Waals surface area contributed by atoms with E-state index in [4.69, 9.17) is 4.74 Å². The summed E-state index contributed by atoms with van der Waals surface area (Å²) in [6.45, 7) is 8.36. The molecule has 0 unspecified atom stereocenters. The normalized spacial score (nSPS) is 11.5. The maximum absolute atomic E-state index is 5.57. The van der Waals surface area contributed by atoms with E-state index in [-0.39, 0.29) is 5.41 Å². The molecule has 0 aromatic heterocycles. The van der Waals surface area contributed by atoms with E-state index in [0.29, 0.717) is 0 Å². The topological polar surface area (TPSA) is 21.3 Å². The van der Waals surface area contributed by atoms with Crippen LogP contribution in [0.15, 0.2) is 24.3 Å². The third-order valence-corrected chi connectivity index (χ3v) is 2.73. The van der Waals surface area contributed by atoms with E-state index in [9.17, 15) is 0 Å². The molecule has 0 radical (unpaired) electrons. The highest BCUT2D eigenvalue weighted by Crippen LogP contribution is 2.24. The first-order chi connectivity index (χ1) is 7.60. The third kappa shape index (κ3) is 3.53. The van der Waals surface area contributed by atoms with Gasteiger partial charge < -0.3 is 10.1 Å². The summed E-state index contributed by atoms with van der Waals surface area (Å²) >= 11 is 0. The van der Waals surface area contributed by atoms with Crippen molar-refractivity contribution in [3.05, 3.63) is 29.8 Å². The van der Waals surface area contributed by atoms with Crippen molar-refractivity contribution in [3.8, 4) is 5.75 Å². The number of hydrogen-bond donors (Lipinski definition) is 1. The number of hydrogen-bond acceptors (Lipinski definition) is 2. The summed E-state index contributed by atoms with van der Waals surface area (Å²) in [5.74, 6) is 0.964. The molecule has 0 atom stereocenters. The van der Waals surface area contributed by atoms with Crippen molar-refractivity contribution in [3.63, 3.8) is 0 Å². The Bertz CT molecular complexity index is 303. The molecule has 2 heteroatoms. The number of likely N-dealkylation sites (N-methyl/N-ethyl adjacent to an activating group) is 1. The SMILES string of the molecule is CCCOc1ccc(C(C)(C)CNC)cc1. The van der Waals surface area contributed by atoms with Gasteiger partial charge in [0.1, 0.15) is 5.75 Å². The highest BCUT2D eigenvalue weighted by Gasteiger charge is 2.19. The first kappa shape index (κ1) is 13.0. The number of rotatable bonds is 6. The van der Waals surface area contributed by atoms with Crippen LogP contribution in [0.1, 0.15) is 32.8 Å². The molecule has 0 amide bonds. The number of ether oxygens (including phenoxy) is 1. The summed E-state index contributed by atoms with van der Waals surface area (Å²) in [7, 11) is 1.99. The molecule has 0 aliphatic carbocycles. The molecule has 90 valence electrons. The largest absolute Gasteiger partial charge is 0.494 e. The molecular weight excluding hydrogens is 198 g/mol. The quantitative estimate of drug-likeness (QED) is 0.797. The summed E-state index contributed by atoms with van der Waals surface area (Å²) in [6.07, 6.45) is 1.05. The van der Waals surface area contributed by atoms with Crippen molar-refractivity contribution in [2.75, 3.05) is 20.2 Å². The lowest BCUT2D eigenvalue weighted by molar-refractivity contribution is 0.317. The first-order valence-electron chi connectivity index (χ1n) is 5.98. The minimum Gasteiger partial charge on any atom is -0.494 e. The van der Waals surface area contributed by atoms with Gasteiger partial charge in [0.05, 0.1) is 6.61 Å². The molecule has 0 saturated heterocycles. The maximum atomic E-state index is 5.57. The van der Waals surface area contributed by atoms with E-state index in [0.717, 1.165) is 25.3 Å². The highest BCUT2D eigenvalue weighted by atomic mass is 16.5. The number of benzene rings is 1. The van der Waals surface area contributed by atoms with Gasteiger partial charge in [-0.25, -0.2) is 0 Å². The fourth-order valence-corrected chi connectivity index (χ4v) is 1.77. The summed E-state index contributed by atoms with van der Waals surface area (Å²) in [4.78, 5) is 0. The molecule has 0 bridgehead atoms. The molecule has 16 heavy (non-hydrogen) atoms. The standard InChI is InChI=1S/C14H23NO/c1-5-10-16-13-8-6-12(7-9-13)14(2,3)11-15-4/h6-9,15H,5,10-11H2,1-4H3. The Morgan fingerprint density at radius 2 is 1.81 bits per heavy atom. The van der Waals surface area contributed by atoms with Gasteiger partial charge >= 0.3 is 0 Å². The van der Waals surface area contributed by atoms with E-state index in [2.05, 4.69) is 50.4 Å². The van der Waals surface area contributed by atoms with Crippen LogP contribution in [-0.2, 0) is 5.41 Å². The molecule has 0 saturated carbocycles. The van der Waals surface area contributed by atoms with Crippen LogP contribution in [0.2, 0.25) is 0 Å². The Labute approximate surface area is 99.0 Å². The van der Waals surface area contributed by atoms with Crippen LogP contribution in [0.4, 0.5) is 0 Å². The maximum Gasteiger partial charge on any atom is 0.119 e. The molecule has 1 aromatic carbocycles. The van der Waals surface area contributed by atoms with Crippen molar-refractivity contribution < 1.29 is 4.74 Å². The highest BCUT2D eigenvalue weighted by molar-refractivity contribution is 5.31. The lowest BCUT2D eigenvalue weighted by Crippen LogP contribution is -2.30. The molecule has 0 aliphatic heterocycles. The Balaban J connectivity index is 2.70. The third-order valence-electron chi connectivity index (χ3n) is 2.73. The lowest BCUT2D eigenvalue weighted by Gasteiger charge is -2.25. The molecule has 0 spiro atoms. The minimum absolute atomic E-state index is 0.165. The van der Waals surface area contributed by atoms with Crippen LogP contribution in [0.25, 0.3) is 0 Å². The second-order valence-electron chi connectivity index (χ2n) is 4.79. The van der Waals surface area contributed by atoms with E-state index < -0.39 is 0 Å². The smallest absolute Gasteiger partial charge is 0.119 e.